The third-order valence-electron chi connectivity index (χ3n) is 2.53. The monoisotopic (exact) mass is 232 g/mol. The molecule has 2 nitrogen and oxygen atoms in total. The Balaban J connectivity index is 2.04. The van der Waals surface area contributed by atoms with Gasteiger partial charge >= 0.3 is 0 Å². The summed E-state index contributed by atoms with van der Waals surface area (Å²) in [7, 11) is 0. The van der Waals surface area contributed by atoms with Crippen LogP contribution in [0.25, 0.3) is 0 Å². The van der Waals surface area contributed by atoms with Gasteiger partial charge in [0.2, 0.25) is 0 Å². The number of benzene rings is 2. The van der Waals surface area contributed by atoms with Gasteiger partial charge in [-0.25, -0.2) is 4.39 Å². The molecule has 0 heterocycles. The summed E-state index contributed by atoms with van der Waals surface area (Å²) in [5.41, 5.74) is 1.96. The highest BCUT2D eigenvalue weighted by molar-refractivity contribution is 5.34. The lowest BCUT2D eigenvalue weighted by Crippen LogP contribution is -1.97. The number of phenols is 1. The van der Waals surface area contributed by atoms with Crippen LogP contribution < -0.4 is 4.74 Å². The molecule has 0 spiro atoms. The van der Waals surface area contributed by atoms with Gasteiger partial charge in [0.1, 0.15) is 23.9 Å². The second-order valence-corrected chi connectivity index (χ2v) is 3.85. The van der Waals surface area contributed by atoms with Gasteiger partial charge in [0.25, 0.3) is 0 Å². The fraction of sp³-hybridized carbons (Fsp3) is 0.143. The molecule has 0 unspecified atom stereocenters. The van der Waals surface area contributed by atoms with Crippen molar-refractivity contribution in [1.29, 1.82) is 0 Å². The first kappa shape index (κ1) is 11.5. The molecule has 3 heteroatoms. The number of halogens is 1. The highest BCUT2D eigenvalue weighted by Crippen LogP contribution is 2.18. The first-order valence-corrected chi connectivity index (χ1v) is 5.32. The lowest BCUT2D eigenvalue weighted by molar-refractivity contribution is 0.304. The smallest absolute Gasteiger partial charge is 0.123 e. The van der Waals surface area contributed by atoms with Crippen LogP contribution in [0.3, 0.4) is 0 Å². The average Bonchev–Trinajstić information content (AvgIpc) is 2.30. The van der Waals surface area contributed by atoms with E-state index in [0.29, 0.717) is 12.4 Å². The van der Waals surface area contributed by atoms with Crippen LogP contribution in [0.2, 0.25) is 0 Å². The molecule has 2 aromatic carbocycles. The molecule has 0 radical (unpaired) electrons. The molecule has 2 rings (SSSR count). The maximum Gasteiger partial charge on any atom is 0.123 e. The topological polar surface area (TPSA) is 29.5 Å². The average molecular weight is 232 g/mol. The molecule has 0 atom stereocenters. The van der Waals surface area contributed by atoms with Crippen molar-refractivity contribution in [2.45, 2.75) is 13.5 Å². The largest absolute Gasteiger partial charge is 0.508 e. The third-order valence-corrected chi connectivity index (χ3v) is 2.53. The van der Waals surface area contributed by atoms with Crippen molar-refractivity contribution in [3.63, 3.8) is 0 Å². The van der Waals surface area contributed by atoms with E-state index in [-0.39, 0.29) is 11.6 Å². The molecule has 0 bridgehead atoms. The number of aromatic hydroxyl groups is 1. The van der Waals surface area contributed by atoms with E-state index in [4.69, 9.17) is 4.74 Å². The first-order valence-electron chi connectivity index (χ1n) is 5.32. The van der Waals surface area contributed by atoms with Crippen LogP contribution in [0.1, 0.15) is 11.1 Å². The number of phenolic OH excluding ortho intramolecular Hbond substituents is 1. The Labute approximate surface area is 99.3 Å². The summed E-state index contributed by atoms with van der Waals surface area (Å²) in [6, 6.07) is 11.0. The molecule has 1 N–H and O–H groups in total. The van der Waals surface area contributed by atoms with Gasteiger partial charge in [-0.15, -0.1) is 0 Å². The van der Waals surface area contributed by atoms with Crippen molar-refractivity contribution in [2.75, 3.05) is 0 Å². The Morgan fingerprint density at radius 2 is 1.82 bits per heavy atom. The van der Waals surface area contributed by atoms with Crippen LogP contribution in [0.15, 0.2) is 42.5 Å². The minimum Gasteiger partial charge on any atom is -0.508 e. The summed E-state index contributed by atoms with van der Waals surface area (Å²) in [6.07, 6.45) is 0. The van der Waals surface area contributed by atoms with E-state index in [1.54, 1.807) is 24.3 Å². The molecule has 17 heavy (non-hydrogen) atoms. The predicted octanol–water partition coefficient (Wildman–Crippen LogP) is 3.42. The molecule has 0 aromatic heterocycles. The molecule has 0 saturated heterocycles. The molecule has 0 saturated carbocycles. The summed E-state index contributed by atoms with van der Waals surface area (Å²) < 4.78 is 18.2. The summed E-state index contributed by atoms with van der Waals surface area (Å²) in [5, 5.41) is 9.27. The maximum absolute atomic E-state index is 12.7. The van der Waals surface area contributed by atoms with Crippen molar-refractivity contribution in [3.05, 3.63) is 59.4 Å². The fourth-order valence-corrected chi connectivity index (χ4v) is 1.53. The zero-order valence-corrected chi connectivity index (χ0v) is 9.48. The Morgan fingerprint density at radius 3 is 2.47 bits per heavy atom. The van der Waals surface area contributed by atoms with Crippen molar-refractivity contribution >= 4 is 0 Å². The molecule has 2 aromatic rings. The SMILES string of the molecule is Cc1cc(O)ccc1COc1ccc(F)cc1. The molecular formula is C14H13FO2. The van der Waals surface area contributed by atoms with E-state index >= 15 is 0 Å². The van der Waals surface area contributed by atoms with Crippen LogP contribution in [-0.2, 0) is 6.61 Å². The maximum atomic E-state index is 12.7. The van der Waals surface area contributed by atoms with Gasteiger partial charge in [0.15, 0.2) is 0 Å². The summed E-state index contributed by atoms with van der Waals surface area (Å²) in [5.74, 6) is 0.588. The van der Waals surface area contributed by atoms with E-state index in [1.807, 2.05) is 13.0 Å². The summed E-state index contributed by atoms with van der Waals surface area (Å²) in [4.78, 5) is 0. The van der Waals surface area contributed by atoms with Gasteiger partial charge in [-0.2, -0.15) is 0 Å². The van der Waals surface area contributed by atoms with Gasteiger partial charge in [-0.05, 0) is 54.4 Å². The second-order valence-electron chi connectivity index (χ2n) is 3.85. The van der Waals surface area contributed by atoms with E-state index in [0.717, 1.165) is 11.1 Å². The Morgan fingerprint density at radius 1 is 1.12 bits per heavy atom. The lowest BCUT2D eigenvalue weighted by Gasteiger charge is -2.08. The molecule has 0 aliphatic rings. The zero-order valence-electron chi connectivity index (χ0n) is 9.48. The fourth-order valence-electron chi connectivity index (χ4n) is 1.53. The highest BCUT2D eigenvalue weighted by Gasteiger charge is 2.01. The minimum atomic E-state index is -0.279. The van der Waals surface area contributed by atoms with Crippen LogP contribution in [0, 0.1) is 12.7 Å². The van der Waals surface area contributed by atoms with Crippen molar-refractivity contribution in [1.82, 2.24) is 0 Å². The normalized spacial score (nSPS) is 10.2. The molecule has 0 amide bonds. The van der Waals surface area contributed by atoms with Gasteiger partial charge in [0, 0.05) is 0 Å². The third kappa shape index (κ3) is 2.97. The van der Waals surface area contributed by atoms with E-state index in [1.165, 1.54) is 12.1 Å². The lowest BCUT2D eigenvalue weighted by atomic mass is 10.1. The summed E-state index contributed by atoms with van der Waals surface area (Å²) in [6.45, 7) is 2.31. The van der Waals surface area contributed by atoms with Crippen LogP contribution in [0.4, 0.5) is 4.39 Å². The highest BCUT2D eigenvalue weighted by atomic mass is 19.1. The van der Waals surface area contributed by atoms with Crippen LogP contribution in [-0.4, -0.2) is 5.11 Å². The van der Waals surface area contributed by atoms with Gasteiger partial charge in [0.05, 0.1) is 0 Å². The van der Waals surface area contributed by atoms with E-state index < -0.39 is 0 Å². The van der Waals surface area contributed by atoms with Gasteiger partial charge < -0.3 is 9.84 Å². The number of aryl methyl sites for hydroxylation is 1. The van der Waals surface area contributed by atoms with Crippen molar-refractivity contribution < 1.29 is 14.2 Å². The standard InChI is InChI=1S/C14H13FO2/c1-10-8-13(16)5-2-11(10)9-17-14-6-3-12(15)4-7-14/h2-8,16H,9H2,1H3. The second kappa shape index (κ2) is 4.87. The van der Waals surface area contributed by atoms with Gasteiger partial charge in [-0.3, -0.25) is 0 Å². The number of ether oxygens (including phenoxy) is 1. The summed E-state index contributed by atoms with van der Waals surface area (Å²) >= 11 is 0. The van der Waals surface area contributed by atoms with E-state index in [2.05, 4.69) is 0 Å². The number of hydrogen-bond acceptors (Lipinski definition) is 2. The Bertz CT molecular complexity index is 506. The number of rotatable bonds is 3. The van der Waals surface area contributed by atoms with Crippen LogP contribution in [0.5, 0.6) is 11.5 Å². The molecule has 0 fully saturated rings. The quantitative estimate of drug-likeness (QED) is 0.878. The predicted molar refractivity (Wildman–Crippen MR) is 63.6 cm³/mol. The molecular weight excluding hydrogens is 219 g/mol. The van der Waals surface area contributed by atoms with Crippen molar-refractivity contribution in [2.24, 2.45) is 0 Å². The van der Waals surface area contributed by atoms with E-state index in [9.17, 15) is 9.50 Å². The van der Waals surface area contributed by atoms with Crippen LogP contribution >= 0.6 is 0 Å². The Kier molecular flexibility index (Phi) is 3.28. The first-order chi connectivity index (χ1) is 8.15. The molecule has 0 aliphatic carbocycles. The molecule has 0 aliphatic heterocycles. The Hall–Kier alpha value is -2.03. The van der Waals surface area contributed by atoms with Crippen molar-refractivity contribution in [3.8, 4) is 11.5 Å². The molecule has 88 valence electrons. The minimum absolute atomic E-state index is 0.244. The zero-order chi connectivity index (χ0) is 12.3. The van der Waals surface area contributed by atoms with Gasteiger partial charge in [-0.1, -0.05) is 6.07 Å². The number of hydrogen-bond donors (Lipinski definition) is 1.